The summed E-state index contributed by atoms with van der Waals surface area (Å²) >= 11 is 0. The number of nitrogens with two attached hydrogens (primary N) is 1. The molecule has 2 rings (SSSR count). The van der Waals surface area contributed by atoms with Gasteiger partial charge in [-0.2, -0.15) is 13.6 Å². The Morgan fingerprint density at radius 1 is 1.26 bits per heavy atom. The lowest BCUT2D eigenvalue weighted by Crippen LogP contribution is -2.48. The number of phosphoric acid groups is 3. The van der Waals surface area contributed by atoms with Gasteiger partial charge in [0.05, 0.1) is 12.7 Å². The summed E-state index contributed by atoms with van der Waals surface area (Å²) in [7, 11) is -16.7. The van der Waals surface area contributed by atoms with Gasteiger partial charge in [0.25, 0.3) is 0 Å². The van der Waals surface area contributed by atoms with E-state index in [0.717, 1.165) is 4.57 Å². The zero-order chi connectivity index (χ0) is 23.8. The predicted octanol–water partition coefficient (Wildman–Crippen LogP) is -0.157. The Balaban J connectivity index is 2.20. The quantitative estimate of drug-likeness (QED) is 0.237. The van der Waals surface area contributed by atoms with Gasteiger partial charge in [-0.3, -0.25) is 9.09 Å². The second-order valence-corrected chi connectivity index (χ2v) is 11.3. The normalized spacial score (nSPS) is 28.4. The molecular formula is C12H22N3O13P3. The Bertz CT molecular complexity index is 1010. The van der Waals surface area contributed by atoms with Gasteiger partial charge in [-0.1, -0.05) is 13.8 Å². The molecule has 178 valence electrons. The first-order valence-electron chi connectivity index (χ1n) is 8.45. The summed E-state index contributed by atoms with van der Waals surface area (Å²) < 4.78 is 52.9. The first-order chi connectivity index (χ1) is 14.0. The molecule has 1 fully saturated rings. The van der Waals surface area contributed by atoms with E-state index >= 15 is 0 Å². The summed E-state index contributed by atoms with van der Waals surface area (Å²) in [6, 6.07) is 1.32. The van der Waals surface area contributed by atoms with Crippen molar-refractivity contribution in [1.82, 2.24) is 9.55 Å². The molecule has 31 heavy (non-hydrogen) atoms. The van der Waals surface area contributed by atoms with E-state index in [2.05, 4.69) is 18.1 Å². The molecule has 1 aromatic heterocycles. The van der Waals surface area contributed by atoms with Gasteiger partial charge < -0.3 is 35.2 Å². The molecule has 5 atom stereocenters. The van der Waals surface area contributed by atoms with Crippen LogP contribution in [0, 0.1) is 5.92 Å². The minimum Gasteiger partial charge on any atom is -0.390 e. The minimum absolute atomic E-state index is 0.0393. The topological polar surface area (TPSA) is 250 Å². The van der Waals surface area contributed by atoms with Crippen LogP contribution in [0.1, 0.15) is 26.5 Å². The van der Waals surface area contributed by atoms with E-state index < -0.39 is 59.6 Å². The Morgan fingerprint density at radius 2 is 1.87 bits per heavy atom. The zero-order valence-corrected chi connectivity index (χ0v) is 18.8. The maximum Gasteiger partial charge on any atom is 0.490 e. The monoisotopic (exact) mass is 509 g/mol. The third-order valence-corrected chi connectivity index (χ3v) is 8.14. The smallest absolute Gasteiger partial charge is 0.390 e. The molecule has 0 radical (unpaired) electrons. The number of hydrogen-bond acceptors (Lipinski definition) is 11. The minimum atomic E-state index is -5.70. The number of nitrogens with zero attached hydrogens (tertiary/aromatic N) is 2. The molecular weight excluding hydrogens is 487 g/mol. The van der Waals surface area contributed by atoms with E-state index in [1.807, 2.05) is 0 Å². The van der Waals surface area contributed by atoms with Crippen LogP contribution in [0.2, 0.25) is 0 Å². The van der Waals surface area contributed by atoms with Gasteiger partial charge in [-0.15, -0.1) is 0 Å². The van der Waals surface area contributed by atoms with Crippen molar-refractivity contribution in [2.45, 2.75) is 38.2 Å². The maximum atomic E-state index is 12.0. The van der Waals surface area contributed by atoms with Crippen molar-refractivity contribution in [3.8, 4) is 0 Å². The lowest BCUT2D eigenvalue weighted by Gasteiger charge is -2.36. The van der Waals surface area contributed by atoms with Crippen molar-refractivity contribution >= 4 is 29.3 Å². The molecule has 19 heteroatoms. The van der Waals surface area contributed by atoms with Gasteiger partial charge in [0.2, 0.25) is 0 Å². The van der Waals surface area contributed by atoms with E-state index in [-0.39, 0.29) is 12.2 Å². The molecule has 2 unspecified atom stereocenters. The van der Waals surface area contributed by atoms with Gasteiger partial charge in [0.1, 0.15) is 17.6 Å². The fourth-order valence-electron chi connectivity index (χ4n) is 2.89. The number of ether oxygens (including phenoxy) is 1. The van der Waals surface area contributed by atoms with E-state index in [4.69, 9.17) is 20.3 Å². The average molecular weight is 509 g/mol. The third kappa shape index (κ3) is 6.75. The van der Waals surface area contributed by atoms with Crippen LogP contribution in [-0.2, 0) is 31.6 Å². The number of aromatic nitrogens is 2. The summed E-state index contributed by atoms with van der Waals surface area (Å²) in [5, 5.41) is 10.6. The molecule has 2 heterocycles. The van der Waals surface area contributed by atoms with Crippen LogP contribution in [0.4, 0.5) is 5.82 Å². The van der Waals surface area contributed by atoms with Crippen LogP contribution in [0.15, 0.2) is 17.1 Å². The number of aliphatic hydroxyl groups is 1. The van der Waals surface area contributed by atoms with Crippen LogP contribution in [-0.4, -0.2) is 52.5 Å². The fraction of sp³-hybridized carbons (Fsp3) is 0.667. The number of nitrogen functional groups attached to an aromatic ring is 1. The Labute approximate surface area is 175 Å². The molecule has 0 amide bonds. The lowest BCUT2D eigenvalue weighted by molar-refractivity contribution is -0.150. The largest absolute Gasteiger partial charge is 0.490 e. The fourth-order valence-corrected chi connectivity index (χ4v) is 5.95. The maximum absolute atomic E-state index is 12.0. The van der Waals surface area contributed by atoms with Gasteiger partial charge >= 0.3 is 29.2 Å². The SMILES string of the molecule is CC(C)[C@]1(COP(=O)(O)OP(=O)(O)OP(=O)(O)O)O[C@@H](n2ccc(N)nc2=O)C[C@@H]1O. The molecule has 1 saturated heterocycles. The van der Waals surface area contributed by atoms with Crippen molar-refractivity contribution in [3.63, 3.8) is 0 Å². The molecule has 0 spiro atoms. The number of rotatable bonds is 9. The number of aliphatic hydroxyl groups excluding tert-OH is 1. The molecule has 0 aliphatic carbocycles. The van der Waals surface area contributed by atoms with Crippen LogP contribution in [0.5, 0.6) is 0 Å². The molecule has 0 saturated carbocycles. The van der Waals surface area contributed by atoms with E-state index in [9.17, 15) is 33.4 Å². The van der Waals surface area contributed by atoms with Crippen molar-refractivity contribution in [2.24, 2.45) is 5.92 Å². The van der Waals surface area contributed by atoms with Crippen LogP contribution >= 0.6 is 23.5 Å². The number of phosphoric ester groups is 1. The summed E-state index contributed by atoms with van der Waals surface area (Å²) in [5.74, 6) is -0.625. The second-order valence-electron chi connectivity index (χ2n) is 6.84. The summed E-state index contributed by atoms with van der Waals surface area (Å²) in [6.07, 6.45) is -1.26. The highest BCUT2D eigenvalue weighted by atomic mass is 31.3. The molecule has 1 aromatic rings. The predicted molar refractivity (Wildman–Crippen MR) is 101 cm³/mol. The molecule has 16 nitrogen and oxygen atoms in total. The molecule has 7 N–H and O–H groups in total. The van der Waals surface area contributed by atoms with Crippen LogP contribution in [0.3, 0.4) is 0 Å². The number of anilines is 1. The van der Waals surface area contributed by atoms with E-state index in [1.165, 1.54) is 12.3 Å². The van der Waals surface area contributed by atoms with Crippen LogP contribution < -0.4 is 11.4 Å². The van der Waals surface area contributed by atoms with Gasteiger partial charge in [-0.05, 0) is 12.0 Å². The first kappa shape index (κ1) is 26.3. The van der Waals surface area contributed by atoms with Crippen LogP contribution in [0.25, 0.3) is 0 Å². The van der Waals surface area contributed by atoms with E-state index in [0.29, 0.717) is 0 Å². The van der Waals surface area contributed by atoms with Gasteiger partial charge in [0, 0.05) is 12.6 Å². The Hall–Kier alpha value is -0.990. The summed E-state index contributed by atoms with van der Waals surface area (Å²) in [6.45, 7) is 2.26. The molecule has 1 aliphatic heterocycles. The van der Waals surface area contributed by atoms with Gasteiger partial charge in [-0.25, -0.2) is 18.5 Å². The average Bonchev–Trinajstić information content (AvgIpc) is 2.87. The standard InChI is InChI=1S/C12H22N3O13P3/c1-7(2)12(6-25-30(21,22)28-31(23,24)27-29(18,19)20)8(16)5-10(26-12)15-4-3-9(13)14-11(15)17/h3-4,7-8,10,16H,5-6H2,1-2H3,(H,21,22)(H,23,24)(H2,13,14,17)(H2,18,19,20)/t8-,10+,12-/m0/s1. The molecule has 0 aromatic carbocycles. The van der Waals surface area contributed by atoms with Crippen molar-refractivity contribution in [3.05, 3.63) is 22.7 Å². The van der Waals surface area contributed by atoms with E-state index in [1.54, 1.807) is 13.8 Å². The van der Waals surface area contributed by atoms with Gasteiger partial charge in [0.15, 0.2) is 0 Å². The highest BCUT2D eigenvalue weighted by molar-refractivity contribution is 7.66. The van der Waals surface area contributed by atoms with Crippen molar-refractivity contribution < 1.29 is 56.3 Å². The highest BCUT2D eigenvalue weighted by Gasteiger charge is 2.53. The second kappa shape index (κ2) is 9.10. The molecule has 1 aliphatic rings. The van der Waals surface area contributed by atoms with Crippen molar-refractivity contribution in [1.29, 1.82) is 0 Å². The Kier molecular flexibility index (Phi) is 7.71. The Morgan fingerprint density at radius 3 is 2.39 bits per heavy atom. The van der Waals surface area contributed by atoms with Crippen molar-refractivity contribution in [2.75, 3.05) is 12.3 Å². The zero-order valence-electron chi connectivity index (χ0n) is 16.1. The third-order valence-electron chi connectivity index (χ3n) is 4.35. The number of hydrogen-bond donors (Lipinski definition) is 6. The summed E-state index contributed by atoms with van der Waals surface area (Å²) in [5.41, 5.74) is 2.97. The first-order valence-corrected chi connectivity index (χ1v) is 13.0. The molecule has 0 bridgehead atoms. The lowest BCUT2D eigenvalue weighted by atomic mass is 9.86. The summed E-state index contributed by atoms with van der Waals surface area (Å²) in [4.78, 5) is 51.6. The highest BCUT2D eigenvalue weighted by Crippen LogP contribution is 2.66.